The first-order valence-corrected chi connectivity index (χ1v) is 7.17. The zero-order valence-corrected chi connectivity index (χ0v) is 12.7. The maximum atomic E-state index is 6.06. The highest BCUT2D eigenvalue weighted by Crippen LogP contribution is 2.30. The molecule has 0 radical (unpaired) electrons. The van der Waals surface area contributed by atoms with E-state index in [-0.39, 0.29) is 5.54 Å². The molecular formula is C17H25NO. The summed E-state index contributed by atoms with van der Waals surface area (Å²) in [5.74, 6) is 1.55. The number of fused-ring (bicyclic) bond motifs is 1. The molecule has 0 fully saturated rings. The van der Waals surface area contributed by atoms with Gasteiger partial charge in [0.15, 0.2) is 0 Å². The summed E-state index contributed by atoms with van der Waals surface area (Å²) >= 11 is 0. The Balaban J connectivity index is 2.30. The van der Waals surface area contributed by atoms with Crippen molar-refractivity contribution in [3.05, 3.63) is 35.6 Å². The standard InChI is InChI=1S/C17H25NO/c1-6-12(2)15-9-7-8-13-10-14(19-16(13)15)11-18-17(3,4)5/h7-10,12,18H,6,11H2,1-5H3. The van der Waals surface area contributed by atoms with Gasteiger partial charge in [-0.25, -0.2) is 0 Å². The molecule has 0 aliphatic heterocycles. The van der Waals surface area contributed by atoms with E-state index in [4.69, 9.17) is 4.42 Å². The molecule has 2 nitrogen and oxygen atoms in total. The van der Waals surface area contributed by atoms with Gasteiger partial charge in [-0.15, -0.1) is 0 Å². The molecule has 0 spiro atoms. The fourth-order valence-electron chi connectivity index (χ4n) is 2.19. The number of hydrogen-bond acceptors (Lipinski definition) is 2. The molecule has 2 rings (SSSR count). The second-order valence-corrected chi connectivity index (χ2v) is 6.39. The number of hydrogen-bond donors (Lipinski definition) is 1. The molecule has 0 aliphatic carbocycles. The predicted octanol–water partition coefficient (Wildman–Crippen LogP) is 4.83. The van der Waals surface area contributed by atoms with Gasteiger partial charge in [-0.05, 0) is 44.7 Å². The van der Waals surface area contributed by atoms with Gasteiger partial charge < -0.3 is 9.73 Å². The van der Waals surface area contributed by atoms with Crippen LogP contribution in [0.2, 0.25) is 0 Å². The lowest BCUT2D eigenvalue weighted by atomic mass is 9.97. The summed E-state index contributed by atoms with van der Waals surface area (Å²) < 4.78 is 6.06. The van der Waals surface area contributed by atoms with Gasteiger partial charge in [0.25, 0.3) is 0 Å². The van der Waals surface area contributed by atoms with E-state index in [1.54, 1.807) is 0 Å². The van der Waals surface area contributed by atoms with Crippen molar-refractivity contribution >= 4 is 11.0 Å². The molecule has 1 N–H and O–H groups in total. The average Bonchev–Trinajstić information content (AvgIpc) is 2.77. The van der Waals surface area contributed by atoms with E-state index in [9.17, 15) is 0 Å². The van der Waals surface area contributed by atoms with Gasteiger partial charge in [-0.1, -0.05) is 32.0 Å². The van der Waals surface area contributed by atoms with Crippen LogP contribution in [0.5, 0.6) is 0 Å². The molecule has 1 atom stereocenters. The first kappa shape index (κ1) is 14.1. The van der Waals surface area contributed by atoms with E-state index in [0.29, 0.717) is 5.92 Å². The summed E-state index contributed by atoms with van der Waals surface area (Å²) in [5, 5.41) is 4.68. The zero-order chi connectivity index (χ0) is 14.0. The molecular weight excluding hydrogens is 234 g/mol. The Kier molecular flexibility index (Phi) is 4.00. The molecule has 104 valence electrons. The van der Waals surface area contributed by atoms with Crippen LogP contribution in [0.15, 0.2) is 28.7 Å². The Morgan fingerprint density at radius 3 is 2.63 bits per heavy atom. The van der Waals surface area contributed by atoms with Crippen LogP contribution >= 0.6 is 0 Å². The van der Waals surface area contributed by atoms with Crippen LogP contribution in [0.4, 0.5) is 0 Å². The van der Waals surface area contributed by atoms with Crippen LogP contribution in [0, 0.1) is 0 Å². The molecule has 0 aliphatic rings. The largest absolute Gasteiger partial charge is 0.459 e. The van der Waals surface area contributed by atoms with Gasteiger partial charge in [0.1, 0.15) is 11.3 Å². The Morgan fingerprint density at radius 1 is 1.26 bits per heavy atom. The van der Waals surface area contributed by atoms with Crippen molar-refractivity contribution in [2.24, 2.45) is 0 Å². The minimum Gasteiger partial charge on any atom is -0.459 e. The lowest BCUT2D eigenvalue weighted by Crippen LogP contribution is -2.34. The molecule has 0 saturated heterocycles. The fraction of sp³-hybridized carbons (Fsp3) is 0.529. The molecule has 1 heterocycles. The van der Waals surface area contributed by atoms with Gasteiger partial charge in [-0.3, -0.25) is 0 Å². The highest BCUT2D eigenvalue weighted by molar-refractivity contribution is 5.81. The first-order chi connectivity index (χ1) is 8.90. The van der Waals surface area contributed by atoms with E-state index in [0.717, 1.165) is 24.3 Å². The number of para-hydroxylation sites is 1. The SMILES string of the molecule is CCC(C)c1cccc2cc(CNC(C)(C)C)oc12. The summed E-state index contributed by atoms with van der Waals surface area (Å²) in [7, 11) is 0. The van der Waals surface area contributed by atoms with E-state index < -0.39 is 0 Å². The summed E-state index contributed by atoms with van der Waals surface area (Å²) in [5.41, 5.74) is 2.49. The summed E-state index contributed by atoms with van der Waals surface area (Å²) in [6.45, 7) is 11.7. The smallest absolute Gasteiger partial charge is 0.137 e. The highest BCUT2D eigenvalue weighted by Gasteiger charge is 2.14. The van der Waals surface area contributed by atoms with Crippen molar-refractivity contribution < 1.29 is 4.42 Å². The summed E-state index contributed by atoms with van der Waals surface area (Å²) in [4.78, 5) is 0. The average molecular weight is 259 g/mol. The molecule has 19 heavy (non-hydrogen) atoms. The third kappa shape index (κ3) is 3.38. The normalized spacial score (nSPS) is 13.9. The highest BCUT2D eigenvalue weighted by atomic mass is 16.3. The monoisotopic (exact) mass is 259 g/mol. The lowest BCUT2D eigenvalue weighted by Gasteiger charge is -2.19. The maximum Gasteiger partial charge on any atom is 0.137 e. The molecule has 1 aromatic carbocycles. The predicted molar refractivity (Wildman–Crippen MR) is 81.5 cm³/mol. The quantitative estimate of drug-likeness (QED) is 0.850. The van der Waals surface area contributed by atoms with Gasteiger partial charge in [-0.2, -0.15) is 0 Å². The topological polar surface area (TPSA) is 25.2 Å². The van der Waals surface area contributed by atoms with E-state index in [1.165, 1.54) is 10.9 Å². The Morgan fingerprint density at radius 2 is 2.00 bits per heavy atom. The van der Waals surface area contributed by atoms with Crippen LogP contribution in [0.1, 0.15) is 58.3 Å². The second kappa shape index (κ2) is 5.38. The van der Waals surface area contributed by atoms with Crippen LogP contribution < -0.4 is 5.32 Å². The fourth-order valence-corrected chi connectivity index (χ4v) is 2.19. The van der Waals surface area contributed by atoms with E-state index in [1.807, 2.05) is 0 Å². The number of furan rings is 1. The minimum atomic E-state index is 0.110. The van der Waals surface area contributed by atoms with Crippen LogP contribution in [0.3, 0.4) is 0 Å². The minimum absolute atomic E-state index is 0.110. The lowest BCUT2D eigenvalue weighted by molar-refractivity contribution is 0.394. The second-order valence-electron chi connectivity index (χ2n) is 6.39. The molecule has 0 amide bonds. The Bertz CT molecular complexity index is 548. The third-order valence-corrected chi connectivity index (χ3v) is 3.56. The van der Waals surface area contributed by atoms with Crippen molar-refractivity contribution in [2.75, 3.05) is 0 Å². The third-order valence-electron chi connectivity index (χ3n) is 3.56. The Hall–Kier alpha value is -1.28. The van der Waals surface area contributed by atoms with Crippen LogP contribution in [-0.4, -0.2) is 5.54 Å². The van der Waals surface area contributed by atoms with Crippen molar-refractivity contribution in [1.82, 2.24) is 5.32 Å². The molecule has 0 saturated carbocycles. The Labute approximate surface area is 116 Å². The van der Waals surface area contributed by atoms with Crippen molar-refractivity contribution in [3.8, 4) is 0 Å². The number of rotatable bonds is 4. The van der Waals surface area contributed by atoms with Gasteiger partial charge in [0.05, 0.1) is 6.54 Å². The van der Waals surface area contributed by atoms with Gasteiger partial charge in [0.2, 0.25) is 0 Å². The number of benzene rings is 1. The van der Waals surface area contributed by atoms with Crippen LogP contribution in [0.25, 0.3) is 11.0 Å². The maximum absolute atomic E-state index is 6.06. The molecule has 1 aromatic heterocycles. The van der Waals surface area contributed by atoms with E-state index in [2.05, 4.69) is 64.2 Å². The van der Waals surface area contributed by atoms with Crippen molar-refractivity contribution in [1.29, 1.82) is 0 Å². The van der Waals surface area contributed by atoms with E-state index >= 15 is 0 Å². The van der Waals surface area contributed by atoms with Gasteiger partial charge >= 0.3 is 0 Å². The number of nitrogens with one attached hydrogen (secondary N) is 1. The molecule has 1 unspecified atom stereocenters. The molecule has 0 bridgehead atoms. The van der Waals surface area contributed by atoms with Crippen molar-refractivity contribution in [3.63, 3.8) is 0 Å². The van der Waals surface area contributed by atoms with Crippen LogP contribution in [-0.2, 0) is 6.54 Å². The van der Waals surface area contributed by atoms with Crippen molar-refractivity contribution in [2.45, 2.75) is 59.0 Å². The first-order valence-electron chi connectivity index (χ1n) is 7.17. The van der Waals surface area contributed by atoms with Gasteiger partial charge in [0, 0.05) is 10.9 Å². The molecule has 2 aromatic rings. The summed E-state index contributed by atoms with van der Waals surface area (Å²) in [6.07, 6.45) is 1.13. The zero-order valence-electron chi connectivity index (χ0n) is 12.7. The molecule has 2 heteroatoms. The summed E-state index contributed by atoms with van der Waals surface area (Å²) in [6, 6.07) is 8.59.